The normalized spacial score (nSPS) is 33.6. The Bertz CT molecular complexity index is 581. The van der Waals surface area contributed by atoms with Crippen molar-refractivity contribution in [1.82, 2.24) is 0 Å². The number of carbonyl (C=O) groups is 2. The number of hydrogen-bond acceptors (Lipinski definition) is 2. The van der Waals surface area contributed by atoms with Crippen molar-refractivity contribution in [3.63, 3.8) is 0 Å². The molecule has 4 aliphatic carbocycles. The van der Waals surface area contributed by atoms with Gasteiger partial charge in [-0.25, -0.2) is 0 Å². The summed E-state index contributed by atoms with van der Waals surface area (Å²) >= 11 is 0. The average molecular weight is 324 g/mol. The molecule has 24 heavy (non-hydrogen) atoms. The van der Waals surface area contributed by atoms with E-state index in [0.29, 0.717) is 25.0 Å². The fraction of sp³-hybridized carbons (Fsp3) is 0.636. The highest BCUT2D eigenvalue weighted by atomic mass is 16.1. The van der Waals surface area contributed by atoms with Gasteiger partial charge in [-0.15, -0.1) is 0 Å². The van der Waals surface area contributed by atoms with Crippen molar-refractivity contribution in [3.8, 4) is 0 Å². The Kier molecular flexibility index (Phi) is 4.32. The van der Waals surface area contributed by atoms with E-state index < -0.39 is 0 Å². The lowest BCUT2D eigenvalue weighted by atomic mass is 9.48. The van der Waals surface area contributed by atoms with Crippen LogP contribution in [-0.2, 0) is 16.0 Å². The zero-order valence-corrected chi connectivity index (χ0v) is 14.5. The molecule has 4 fully saturated rings. The predicted molar refractivity (Wildman–Crippen MR) is 94.6 cm³/mol. The third-order valence-corrected chi connectivity index (χ3v) is 6.80. The summed E-state index contributed by atoms with van der Waals surface area (Å²) in [6, 6.07) is 10.1. The first-order valence-corrected chi connectivity index (χ1v) is 9.72. The maximum absolute atomic E-state index is 12.9. The number of rotatable bonds is 7. The van der Waals surface area contributed by atoms with Crippen LogP contribution in [-0.4, -0.2) is 11.6 Å². The second-order valence-electron chi connectivity index (χ2n) is 8.65. The zero-order chi connectivity index (χ0) is 16.6. The summed E-state index contributed by atoms with van der Waals surface area (Å²) in [6.45, 7) is 0. The number of hydrogen-bond donors (Lipinski definition) is 0. The van der Waals surface area contributed by atoms with Crippen LogP contribution in [0.3, 0.4) is 0 Å². The van der Waals surface area contributed by atoms with Gasteiger partial charge in [-0.05, 0) is 68.3 Å². The lowest BCUT2D eigenvalue weighted by Gasteiger charge is -2.56. The van der Waals surface area contributed by atoms with Crippen LogP contribution in [0.15, 0.2) is 30.3 Å². The summed E-state index contributed by atoms with van der Waals surface area (Å²) in [7, 11) is 0. The van der Waals surface area contributed by atoms with E-state index in [1.807, 2.05) is 18.2 Å². The molecule has 1 aromatic rings. The zero-order valence-electron chi connectivity index (χ0n) is 14.5. The summed E-state index contributed by atoms with van der Waals surface area (Å²) < 4.78 is 0. The second kappa shape index (κ2) is 6.46. The van der Waals surface area contributed by atoms with Crippen LogP contribution in [0.1, 0.15) is 63.4 Å². The van der Waals surface area contributed by atoms with Crippen LogP contribution in [0.4, 0.5) is 0 Å². The molecule has 0 atom stereocenters. The quantitative estimate of drug-likeness (QED) is 0.725. The summed E-state index contributed by atoms with van der Waals surface area (Å²) in [5, 5.41) is 0. The predicted octanol–water partition coefficient (Wildman–Crippen LogP) is 4.75. The van der Waals surface area contributed by atoms with Crippen molar-refractivity contribution in [2.24, 2.45) is 23.2 Å². The molecule has 5 rings (SSSR count). The van der Waals surface area contributed by atoms with Crippen LogP contribution in [0.25, 0.3) is 0 Å². The Hall–Kier alpha value is -1.44. The minimum Gasteiger partial charge on any atom is -0.300 e. The topological polar surface area (TPSA) is 34.1 Å². The van der Waals surface area contributed by atoms with Crippen LogP contribution >= 0.6 is 0 Å². The molecule has 2 heteroatoms. The first kappa shape index (κ1) is 16.1. The molecular weight excluding hydrogens is 296 g/mol. The molecule has 128 valence electrons. The lowest BCUT2D eigenvalue weighted by molar-refractivity contribution is -0.144. The Balaban J connectivity index is 1.28. The van der Waals surface area contributed by atoms with Gasteiger partial charge in [0, 0.05) is 24.7 Å². The van der Waals surface area contributed by atoms with Gasteiger partial charge in [0.2, 0.25) is 0 Å². The van der Waals surface area contributed by atoms with E-state index in [0.717, 1.165) is 43.4 Å². The van der Waals surface area contributed by atoms with E-state index in [2.05, 4.69) is 12.1 Å². The maximum atomic E-state index is 12.9. The Morgan fingerprint density at radius 3 is 2.00 bits per heavy atom. The number of ketones is 2. The Labute approximate surface area is 145 Å². The van der Waals surface area contributed by atoms with Gasteiger partial charge in [-0.3, -0.25) is 9.59 Å². The Morgan fingerprint density at radius 2 is 1.42 bits per heavy atom. The van der Waals surface area contributed by atoms with Crippen molar-refractivity contribution in [1.29, 1.82) is 0 Å². The number of aryl methyl sites for hydroxylation is 1. The molecule has 4 aliphatic rings. The van der Waals surface area contributed by atoms with Crippen LogP contribution < -0.4 is 0 Å². The van der Waals surface area contributed by atoms with E-state index in [1.54, 1.807) is 0 Å². The van der Waals surface area contributed by atoms with E-state index >= 15 is 0 Å². The molecule has 0 aliphatic heterocycles. The third-order valence-electron chi connectivity index (χ3n) is 6.80. The molecule has 0 spiro atoms. The number of benzene rings is 1. The third kappa shape index (κ3) is 3.20. The maximum Gasteiger partial charge on any atom is 0.139 e. The molecule has 2 nitrogen and oxygen atoms in total. The summed E-state index contributed by atoms with van der Waals surface area (Å²) in [4.78, 5) is 25.1. The molecular formula is C22H28O2. The molecule has 0 heterocycles. The second-order valence-corrected chi connectivity index (χ2v) is 8.65. The van der Waals surface area contributed by atoms with Crippen molar-refractivity contribution < 1.29 is 9.59 Å². The largest absolute Gasteiger partial charge is 0.300 e. The molecule has 0 N–H and O–H groups in total. The lowest BCUT2D eigenvalue weighted by Crippen LogP contribution is -2.50. The average Bonchev–Trinajstić information content (AvgIpc) is 2.57. The van der Waals surface area contributed by atoms with Crippen molar-refractivity contribution in [2.45, 2.75) is 64.2 Å². The standard InChI is InChI=1S/C22H28O2/c23-20(7-6-16-4-2-1-3-5-16)8-9-21(24)22-13-17-10-18(14-22)12-19(11-17)15-22/h1-5,17-19H,6-15H2. The van der Waals surface area contributed by atoms with Crippen molar-refractivity contribution >= 4 is 11.6 Å². The number of Topliss-reactive ketones (excluding diaryl/α,β-unsaturated/α-hetero) is 2. The van der Waals surface area contributed by atoms with Crippen molar-refractivity contribution in [3.05, 3.63) is 35.9 Å². The molecule has 0 amide bonds. The van der Waals surface area contributed by atoms with E-state index in [4.69, 9.17) is 0 Å². The summed E-state index contributed by atoms with van der Waals surface area (Å²) in [5.41, 5.74) is 1.17. The highest BCUT2D eigenvalue weighted by molar-refractivity contribution is 5.89. The highest BCUT2D eigenvalue weighted by Gasteiger charge is 2.53. The summed E-state index contributed by atoms with van der Waals surface area (Å²) in [6.07, 6.45) is 9.76. The van der Waals surface area contributed by atoms with Gasteiger partial charge in [0.15, 0.2) is 0 Å². The molecule has 0 saturated heterocycles. The van der Waals surface area contributed by atoms with Crippen LogP contribution in [0, 0.1) is 23.2 Å². The fourth-order valence-corrected chi connectivity index (χ4v) is 6.02. The van der Waals surface area contributed by atoms with Crippen molar-refractivity contribution in [2.75, 3.05) is 0 Å². The van der Waals surface area contributed by atoms with E-state index in [-0.39, 0.29) is 11.2 Å². The molecule has 0 unspecified atom stereocenters. The molecule has 0 radical (unpaired) electrons. The first-order chi connectivity index (χ1) is 11.6. The van der Waals surface area contributed by atoms with E-state index in [1.165, 1.54) is 24.8 Å². The first-order valence-electron chi connectivity index (χ1n) is 9.72. The monoisotopic (exact) mass is 324 g/mol. The molecule has 4 saturated carbocycles. The highest BCUT2D eigenvalue weighted by Crippen LogP contribution is 2.60. The van der Waals surface area contributed by atoms with Gasteiger partial charge in [0.1, 0.15) is 11.6 Å². The van der Waals surface area contributed by atoms with Gasteiger partial charge in [0.25, 0.3) is 0 Å². The molecule has 1 aromatic carbocycles. The minimum absolute atomic E-state index is 0.0333. The fourth-order valence-electron chi connectivity index (χ4n) is 6.02. The van der Waals surface area contributed by atoms with Gasteiger partial charge >= 0.3 is 0 Å². The smallest absolute Gasteiger partial charge is 0.139 e. The SMILES string of the molecule is O=C(CCC(=O)C12CC3CC(CC(C3)C1)C2)CCc1ccccc1. The van der Waals surface area contributed by atoms with Crippen LogP contribution in [0.2, 0.25) is 0 Å². The minimum atomic E-state index is -0.0333. The molecule has 4 bridgehead atoms. The molecule has 0 aromatic heterocycles. The Morgan fingerprint density at radius 1 is 0.833 bits per heavy atom. The van der Waals surface area contributed by atoms with Gasteiger partial charge < -0.3 is 0 Å². The van der Waals surface area contributed by atoms with Gasteiger partial charge in [-0.2, -0.15) is 0 Å². The van der Waals surface area contributed by atoms with Crippen LogP contribution in [0.5, 0.6) is 0 Å². The summed E-state index contributed by atoms with van der Waals surface area (Å²) in [5.74, 6) is 3.06. The van der Waals surface area contributed by atoms with E-state index in [9.17, 15) is 9.59 Å². The van der Waals surface area contributed by atoms with Gasteiger partial charge in [-0.1, -0.05) is 30.3 Å². The van der Waals surface area contributed by atoms with Gasteiger partial charge in [0.05, 0.1) is 0 Å². The number of carbonyl (C=O) groups excluding carboxylic acids is 2.